The third kappa shape index (κ3) is 4.34. The van der Waals surface area contributed by atoms with Gasteiger partial charge in [-0.05, 0) is 30.6 Å². The lowest BCUT2D eigenvalue weighted by Gasteiger charge is -2.25. The summed E-state index contributed by atoms with van der Waals surface area (Å²) < 4.78 is 5.27. The lowest BCUT2D eigenvalue weighted by atomic mass is 9.81. The van der Waals surface area contributed by atoms with E-state index in [0.29, 0.717) is 12.5 Å². The lowest BCUT2D eigenvalue weighted by molar-refractivity contribution is -0.153. The Morgan fingerprint density at radius 1 is 1.35 bits per heavy atom. The molecule has 3 nitrogen and oxygen atoms in total. The minimum absolute atomic E-state index is 0.161. The zero-order valence-electron chi connectivity index (χ0n) is 13.6. The van der Waals surface area contributed by atoms with E-state index in [1.807, 2.05) is 6.08 Å². The molecule has 0 aromatic heterocycles. The van der Waals surface area contributed by atoms with Crippen LogP contribution in [0.4, 0.5) is 0 Å². The van der Waals surface area contributed by atoms with E-state index >= 15 is 0 Å². The summed E-state index contributed by atoms with van der Waals surface area (Å²) >= 11 is 0. The molecule has 0 aromatic rings. The molecular formula is C17H30O3. The quantitative estimate of drug-likeness (QED) is 0.440. The van der Waals surface area contributed by atoms with Crippen LogP contribution in [0.5, 0.6) is 0 Å². The molecule has 1 aliphatic carbocycles. The maximum absolute atomic E-state index is 12.1. The highest BCUT2D eigenvalue weighted by molar-refractivity contribution is 5.81. The summed E-state index contributed by atoms with van der Waals surface area (Å²) in [5, 5.41) is 10.3. The summed E-state index contributed by atoms with van der Waals surface area (Å²) in [5.41, 5.74) is -0.504. The molecule has 0 unspecified atom stereocenters. The van der Waals surface area contributed by atoms with Crippen molar-refractivity contribution in [1.82, 2.24) is 0 Å². The van der Waals surface area contributed by atoms with Crippen LogP contribution in [0.25, 0.3) is 0 Å². The summed E-state index contributed by atoms with van der Waals surface area (Å²) in [6.07, 6.45) is 6.43. The standard InChI is InChI=1S/C17H30O3/c1-6-7-12-20-15(19)17(10-11-17)14(18)9-8-13(2)16(3,4)5/h8-9,13-14,18H,6-7,10-12H2,1-5H3/b9-8+/t13-,14-/m1/s1. The van der Waals surface area contributed by atoms with Crippen molar-refractivity contribution in [3.8, 4) is 0 Å². The highest BCUT2D eigenvalue weighted by atomic mass is 16.5. The van der Waals surface area contributed by atoms with Crippen LogP contribution >= 0.6 is 0 Å². The number of hydrogen-bond acceptors (Lipinski definition) is 3. The van der Waals surface area contributed by atoms with Gasteiger partial charge in [-0.15, -0.1) is 0 Å². The molecule has 3 heteroatoms. The summed E-state index contributed by atoms with van der Waals surface area (Å²) in [7, 11) is 0. The molecule has 20 heavy (non-hydrogen) atoms. The number of carbonyl (C=O) groups excluding carboxylic acids is 1. The van der Waals surface area contributed by atoms with Gasteiger partial charge in [0.05, 0.1) is 18.1 Å². The van der Waals surface area contributed by atoms with Crippen LogP contribution in [0.2, 0.25) is 0 Å². The number of carbonyl (C=O) groups is 1. The Bertz CT molecular complexity index is 348. The number of unbranched alkanes of at least 4 members (excludes halogenated alkanes) is 1. The van der Waals surface area contributed by atoms with Crippen molar-refractivity contribution < 1.29 is 14.6 Å². The fourth-order valence-corrected chi connectivity index (χ4v) is 1.95. The number of esters is 1. The Labute approximate surface area is 123 Å². The largest absolute Gasteiger partial charge is 0.465 e. The van der Waals surface area contributed by atoms with Gasteiger partial charge >= 0.3 is 5.97 Å². The summed E-state index contributed by atoms with van der Waals surface area (Å²) in [5.74, 6) is 0.121. The van der Waals surface area contributed by atoms with Crippen LogP contribution in [-0.4, -0.2) is 23.8 Å². The zero-order chi connectivity index (χ0) is 15.4. The Morgan fingerprint density at radius 3 is 2.40 bits per heavy atom. The van der Waals surface area contributed by atoms with Crippen LogP contribution in [-0.2, 0) is 9.53 Å². The summed E-state index contributed by atoms with van der Waals surface area (Å²) in [4.78, 5) is 12.1. The third-order valence-corrected chi connectivity index (χ3v) is 4.44. The topological polar surface area (TPSA) is 46.5 Å². The van der Waals surface area contributed by atoms with Crippen molar-refractivity contribution in [2.75, 3.05) is 6.61 Å². The van der Waals surface area contributed by atoms with Crippen LogP contribution in [0.3, 0.4) is 0 Å². The van der Waals surface area contributed by atoms with Gasteiger partial charge in [-0.2, -0.15) is 0 Å². The van der Waals surface area contributed by atoms with Crippen molar-refractivity contribution >= 4 is 5.97 Å². The van der Waals surface area contributed by atoms with Gasteiger partial charge in [-0.1, -0.05) is 53.2 Å². The molecule has 116 valence electrons. The van der Waals surface area contributed by atoms with E-state index in [-0.39, 0.29) is 11.4 Å². The minimum Gasteiger partial charge on any atom is -0.465 e. The van der Waals surface area contributed by atoms with E-state index in [2.05, 4.69) is 34.6 Å². The highest BCUT2D eigenvalue weighted by Gasteiger charge is 2.56. The Balaban J connectivity index is 2.56. The van der Waals surface area contributed by atoms with Gasteiger partial charge in [-0.3, -0.25) is 4.79 Å². The van der Waals surface area contributed by atoms with Gasteiger partial charge in [0.25, 0.3) is 0 Å². The fraction of sp³-hybridized carbons (Fsp3) is 0.824. The predicted molar refractivity (Wildman–Crippen MR) is 81.3 cm³/mol. The number of hydrogen-bond donors (Lipinski definition) is 1. The van der Waals surface area contributed by atoms with Crippen molar-refractivity contribution in [3.05, 3.63) is 12.2 Å². The summed E-state index contributed by atoms with van der Waals surface area (Å²) in [6, 6.07) is 0. The second kappa shape index (κ2) is 6.75. The van der Waals surface area contributed by atoms with Crippen LogP contribution in [0.15, 0.2) is 12.2 Å². The van der Waals surface area contributed by atoms with Gasteiger partial charge in [0.1, 0.15) is 0 Å². The molecule has 1 saturated carbocycles. The number of ether oxygens (including phenoxy) is 1. The molecule has 0 radical (unpaired) electrons. The van der Waals surface area contributed by atoms with E-state index in [0.717, 1.165) is 25.7 Å². The van der Waals surface area contributed by atoms with E-state index in [9.17, 15) is 9.90 Å². The van der Waals surface area contributed by atoms with Gasteiger partial charge in [0.2, 0.25) is 0 Å². The monoisotopic (exact) mass is 282 g/mol. The van der Waals surface area contributed by atoms with Crippen LogP contribution < -0.4 is 0 Å². The van der Waals surface area contributed by atoms with E-state index < -0.39 is 11.5 Å². The molecule has 1 N–H and O–H groups in total. The molecule has 0 saturated heterocycles. The SMILES string of the molecule is CCCCOC(=O)C1([C@H](O)/C=C/[C@@H](C)C(C)(C)C)CC1. The Morgan fingerprint density at radius 2 is 1.95 bits per heavy atom. The second-order valence-electron chi connectivity index (χ2n) is 7.13. The first-order valence-electron chi connectivity index (χ1n) is 7.77. The smallest absolute Gasteiger partial charge is 0.315 e. The number of aliphatic hydroxyl groups is 1. The summed E-state index contributed by atoms with van der Waals surface area (Å²) in [6.45, 7) is 11.2. The van der Waals surface area contributed by atoms with E-state index in [1.165, 1.54) is 0 Å². The average molecular weight is 282 g/mol. The predicted octanol–water partition coefficient (Wildman–Crippen LogP) is 3.71. The second-order valence-corrected chi connectivity index (χ2v) is 7.13. The fourth-order valence-electron chi connectivity index (χ4n) is 1.95. The van der Waals surface area contributed by atoms with Gasteiger partial charge in [0.15, 0.2) is 0 Å². The normalized spacial score (nSPS) is 20.7. The lowest BCUT2D eigenvalue weighted by Crippen LogP contribution is -2.31. The van der Waals surface area contributed by atoms with E-state index in [4.69, 9.17) is 4.74 Å². The molecule has 0 aromatic carbocycles. The number of aliphatic hydroxyl groups excluding tert-OH is 1. The first kappa shape index (κ1) is 17.2. The number of allylic oxidation sites excluding steroid dienone is 1. The van der Waals surface area contributed by atoms with E-state index in [1.54, 1.807) is 6.08 Å². The van der Waals surface area contributed by atoms with Crippen molar-refractivity contribution in [2.45, 2.75) is 66.4 Å². The minimum atomic E-state index is -0.721. The zero-order valence-corrected chi connectivity index (χ0v) is 13.6. The first-order valence-corrected chi connectivity index (χ1v) is 7.77. The van der Waals surface area contributed by atoms with Gasteiger partial charge < -0.3 is 9.84 Å². The third-order valence-electron chi connectivity index (χ3n) is 4.44. The number of rotatable bonds is 7. The van der Waals surface area contributed by atoms with Crippen molar-refractivity contribution in [2.24, 2.45) is 16.7 Å². The molecule has 1 rings (SSSR count). The van der Waals surface area contributed by atoms with Crippen LogP contribution in [0.1, 0.15) is 60.3 Å². The molecule has 0 amide bonds. The molecule has 1 aliphatic rings. The molecule has 0 aliphatic heterocycles. The highest BCUT2D eigenvalue weighted by Crippen LogP contribution is 2.50. The molecule has 0 spiro atoms. The van der Waals surface area contributed by atoms with Crippen LogP contribution in [0, 0.1) is 16.7 Å². The van der Waals surface area contributed by atoms with Gasteiger partial charge in [-0.25, -0.2) is 0 Å². The maximum Gasteiger partial charge on any atom is 0.315 e. The molecule has 1 fully saturated rings. The molecule has 0 bridgehead atoms. The average Bonchev–Trinajstić information content (AvgIpc) is 3.16. The Hall–Kier alpha value is -0.830. The first-order chi connectivity index (χ1) is 9.24. The van der Waals surface area contributed by atoms with Crippen molar-refractivity contribution in [1.29, 1.82) is 0 Å². The maximum atomic E-state index is 12.1. The molecule has 2 atom stereocenters. The van der Waals surface area contributed by atoms with Gasteiger partial charge in [0, 0.05) is 0 Å². The molecular weight excluding hydrogens is 252 g/mol. The molecule has 0 heterocycles. The van der Waals surface area contributed by atoms with Crippen molar-refractivity contribution in [3.63, 3.8) is 0 Å². The Kier molecular flexibility index (Phi) is 5.81.